The van der Waals surface area contributed by atoms with Crippen LogP contribution in [0.1, 0.15) is 33.6 Å². The Kier molecular flexibility index (Phi) is 5.71. The van der Waals surface area contributed by atoms with Crippen LogP contribution in [-0.4, -0.2) is 42.5 Å². The van der Waals surface area contributed by atoms with Gasteiger partial charge in [0.05, 0.1) is 12.1 Å². The van der Waals surface area contributed by atoms with Crippen molar-refractivity contribution in [2.24, 2.45) is 5.92 Å². The van der Waals surface area contributed by atoms with Crippen LogP contribution in [0.25, 0.3) is 0 Å². The Hall–Kier alpha value is -0.810. The first kappa shape index (κ1) is 14.3. The van der Waals surface area contributed by atoms with Crippen molar-refractivity contribution in [3.05, 3.63) is 0 Å². The van der Waals surface area contributed by atoms with E-state index >= 15 is 0 Å². The second-order valence-corrected chi connectivity index (χ2v) is 4.95. The maximum atomic E-state index is 11.8. The van der Waals surface area contributed by atoms with Gasteiger partial charge in [-0.05, 0) is 25.7 Å². The summed E-state index contributed by atoms with van der Waals surface area (Å²) in [6, 6.07) is -0.0610. The Labute approximate surface area is 103 Å². The van der Waals surface area contributed by atoms with Gasteiger partial charge in [-0.25, -0.2) is 4.79 Å². The van der Waals surface area contributed by atoms with Crippen molar-refractivity contribution in [2.45, 2.75) is 51.8 Å². The number of urea groups is 1. The molecule has 1 aliphatic rings. The van der Waals surface area contributed by atoms with Gasteiger partial charge in [0, 0.05) is 19.3 Å². The van der Waals surface area contributed by atoms with Crippen LogP contribution in [0, 0.1) is 5.92 Å². The summed E-state index contributed by atoms with van der Waals surface area (Å²) in [5, 5.41) is 14.7. The van der Waals surface area contributed by atoms with Crippen LogP contribution in [0.5, 0.6) is 0 Å². The number of carbonyl (C=O) groups excluding carboxylic acids is 1. The molecule has 0 aromatic heterocycles. The van der Waals surface area contributed by atoms with Gasteiger partial charge in [0.25, 0.3) is 0 Å². The summed E-state index contributed by atoms with van der Waals surface area (Å²) >= 11 is 0. The molecular formula is C12H24N2O3. The number of hydrogen-bond donors (Lipinski definition) is 3. The molecule has 0 aromatic rings. The summed E-state index contributed by atoms with van der Waals surface area (Å²) < 4.78 is 5.38. The van der Waals surface area contributed by atoms with Gasteiger partial charge in [-0.2, -0.15) is 0 Å². The number of aliphatic hydroxyl groups excluding tert-OH is 1. The quantitative estimate of drug-likeness (QED) is 0.672. The summed E-state index contributed by atoms with van der Waals surface area (Å²) in [5.41, 5.74) is 0. The van der Waals surface area contributed by atoms with Crippen molar-refractivity contribution in [3.63, 3.8) is 0 Å². The van der Waals surface area contributed by atoms with Crippen LogP contribution in [0.4, 0.5) is 4.79 Å². The molecule has 17 heavy (non-hydrogen) atoms. The number of nitrogens with one attached hydrogen (secondary N) is 2. The Morgan fingerprint density at radius 1 is 1.53 bits per heavy atom. The molecule has 0 spiro atoms. The number of rotatable bonds is 5. The van der Waals surface area contributed by atoms with Crippen molar-refractivity contribution >= 4 is 6.03 Å². The molecule has 3 atom stereocenters. The van der Waals surface area contributed by atoms with Crippen LogP contribution < -0.4 is 10.6 Å². The molecule has 1 fully saturated rings. The molecule has 0 bridgehead atoms. The first-order valence-corrected chi connectivity index (χ1v) is 6.34. The first-order valence-electron chi connectivity index (χ1n) is 6.34. The van der Waals surface area contributed by atoms with Crippen molar-refractivity contribution in [3.8, 4) is 0 Å². The highest BCUT2D eigenvalue weighted by Crippen LogP contribution is 2.12. The van der Waals surface area contributed by atoms with E-state index < -0.39 is 0 Å². The van der Waals surface area contributed by atoms with Crippen LogP contribution >= 0.6 is 0 Å². The monoisotopic (exact) mass is 244 g/mol. The fraction of sp³-hybridized carbons (Fsp3) is 0.917. The highest BCUT2D eigenvalue weighted by Gasteiger charge is 2.26. The lowest BCUT2D eigenvalue weighted by molar-refractivity contribution is 0.114. The average molecular weight is 244 g/mol. The van der Waals surface area contributed by atoms with E-state index in [2.05, 4.69) is 10.6 Å². The van der Waals surface area contributed by atoms with Crippen LogP contribution in [0.2, 0.25) is 0 Å². The highest BCUT2D eigenvalue weighted by atomic mass is 16.5. The van der Waals surface area contributed by atoms with Gasteiger partial charge in [-0.15, -0.1) is 0 Å². The molecule has 1 aliphatic heterocycles. The van der Waals surface area contributed by atoms with E-state index in [-0.39, 0.29) is 30.8 Å². The zero-order valence-electron chi connectivity index (χ0n) is 10.9. The molecule has 5 heteroatoms. The number of hydrogen-bond acceptors (Lipinski definition) is 3. The van der Waals surface area contributed by atoms with E-state index in [1.54, 1.807) is 0 Å². The minimum absolute atomic E-state index is 0.0117. The molecule has 0 radical (unpaired) electrons. The van der Waals surface area contributed by atoms with E-state index in [1.165, 1.54) is 0 Å². The third-order valence-electron chi connectivity index (χ3n) is 3.25. The van der Waals surface area contributed by atoms with Gasteiger partial charge in [0.15, 0.2) is 0 Å². The predicted octanol–water partition coefficient (Wildman–Crippen LogP) is 0.870. The zero-order valence-corrected chi connectivity index (χ0v) is 10.9. The Morgan fingerprint density at radius 2 is 2.24 bits per heavy atom. The third kappa shape index (κ3) is 4.52. The van der Waals surface area contributed by atoms with E-state index in [9.17, 15) is 4.79 Å². The minimum atomic E-state index is -0.167. The van der Waals surface area contributed by atoms with Crippen molar-refractivity contribution in [2.75, 3.05) is 13.2 Å². The van der Waals surface area contributed by atoms with Gasteiger partial charge < -0.3 is 20.5 Å². The number of aliphatic hydroxyl groups is 1. The Bertz CT molecular complexity index is 246. The molecule has 100 valence electrons. The number of ether oxygens (including phenoxy) is 1. The molecular weight excluding hydrogens is 220 g/mol. The summed E-state index contributed by atoms with van der Waals surface area (Å²) in [4.78, 5) is 11.8. The normalized spacial score (nSPS) is 25.9. The fourth-order valence-electron chi connectivity index (χ4n) is 2.01. The molecule has 1 saturated heterocycles. The van der Waals surface area contributed by atoms with E-state index in [0.29, 0.717) is 18.9 Å². The van der Waals surface area contributed by atoms with Gasteiger partial charge in [-0.3, -0.25) is 0 Å². The third-order valence-corrected chi connectivity index (χ3v) is 3.25. The van der Waals surface area contributed by atoms with Gasteiger partial charge in [-0.1, -0.05) is 13.8 Å². The molecule has 0 aliphatic carbocycles. The van der Waals surface area contributed by atoms with E-state index in [4.69, 9.17) is 9.84 Å². The molecule has 3 unspecified atom stereocenters. The van der Waals surface area contributed by atoms with Crippen molar-refractivity contribution in [1.29, 1.82) is 0 Å². The lowest BCUT2D eigenvalue weighted by atomic mass is 10.0. The van der Waals surface area contributed by atoms with Crippen LogP contribution in [0.3, 0.4) is 0 Å². The molecule has 3 N–H and O–H groups in total. The standard InChI is InChI=1S/C12H24N2O3/c1-8(2)10(4-6-15)13-12(16)14-11-5-7-17-9(11)3/h8-11,15H,4-7H2,1-3H3,(H2,13,14,16). The molecule has 5 nitrogen and oxygen atoms in total. The molecule has 2 amide bonds. The van der Waals surface area contributed by atoms with Crippen LogP contribution in [0.15, 0.2) is 0 Å². The Balaban J connectivity index is 2.36. The minimum Gasteiger partial charge on any atom is -0.396 e. The highest BCUT2D eigenvalue weighted by molar-refractivity contribution is 5.74. The Morgan fingerprint density at radius 3 is 2.71 bits per heavy atom. The first-order chi connectivity index (χ1) is 8.04. The second-order valence-electron chi connectivity index (χ2n) is 4.95. The lowest BCUT2D eigenvalue weighted by Gasteiger charge is -2.24. The zero-order chi connectivity index (χ0) is 12.8. The molecule has 0 aromatic carbocycles. The topological polar surface area (TPSA) is 70.6 Å². The van der Waals surface area contributed by atoms with Crippen LogP contribution in [-0.2, 0) is 4.74 Å². The number of carbonyl (C=O) groups is 1. The number of amides is 2. The smallest absolute Gasteiger partial charge is 0.315 e. The van der Waals surface area contributed by atoms with Gasteiger partial charge in [0.1, 0.15) is 0 Å². The summed E-state index contributed by atoms with van der Waals surface area (Å²) in [6.07, 6.45) is 1.53. The second kappa shape index (κ2) is 6.81. The van der Waals surface area contributed by atoms with E-state index in [1.807, 2.05) is 20.8 Å². The fourth-order valence-corrected chi connectivity index (χ4v) is 2.01. The largest absolute Gasteiger partial charge is 0.396 e. The van der Waals surface area contributed by atoms with Gasteiger partial charge in [0.2, 0.25) is 0 Å². The van der Waals surface area contributed by atoms with Crippen molar-refractivity contribution < 1.29 is 14.6 Å². The lowest BCUT2D eigenvalue weighted by Crippen LogP contribution is -2.49. The predicted molar refractivity (Wildman–Crippen MR) is 65.8 cm³/mol. The average Bonchev–Trinajstić information content (AvgIpc) is 2.63. The summed E-state index contributed by atoms with van der Waals surface area (Å²) in [5.74, 6) is 0.310. The SMILES string of the molecule is CC(C)C(CCO)NC(=O)NC1CCOC1C. The molecule has 1 rings (SSSR count). The summed E-state index contributed by atoms with van der Waals surface area (Å²) in [6.45, 7) is 6.82. The van der Waals surface area contributed by atoms with E-state index in [0.717, 1.165) is 6.42 Å². The molecule has 0 saturated carbocycles. The maximum Gasteiger partial charge on any atom is 0.315 e. The molecule has 1 heterocycles. The van der Waals surface area contributed by atoms with Crippen molar-refractivity contribution in [1.82, 2.24) is 10.6 Å². The van der Waals surface area contributed by atoms with Gasteiger partial charge >= 0.3 is 6.03 Å². The summed E-state index contributed by atoms with van der Waals surface area (Å²) in [7, 11) is 0. The maximum absolute atomic E-state index is 11.8.